The summed E-state index contributed by atoms with van der Waals surface area (Å²) in [5.41, 5.74) is 0.463. The third-order valence-corrected chi connectivity index (χ3v) is 10.5. The maximum Gasteiger partial charge on any atom is 0.317 e. The van der Waals surface area contributed by atoms with E-state index in [1.165, 1.54) is 11.1 Å². The third-order valence-electron chi connectivity index (χ3n) is 10.5. The second kappa shape index (κ2) is 15.0. The number of carboxylic acids is 1. The van der Waals surface area contributed by atoms with Crippen molar-refractivity contribution in [3.05, 3.63) is 71.8 Å². The van der Waals surface area contributed by atoms with E-state index in [0.29, 0.717) is 32.3 Å². The number of rotatable bonds is 9. The molecule has 9 heteroatoms. The summed E-state index contributed by atoms with van der Waals surface area (Å²) in [6.07, 6.45) is 6.18. The molecule has 0 heterocycles. The number of carboxylic acid groups (broad SMARTS) is 1. The van der Waals surface area contributed by atoms with E-state index in [0.717, 1.165) is 51.6 Å². The standard InChI is InChI=1S/C18H25NO3.C16H19NO3.C2H6O/c1-2-22-16(21)18-10-8-17(9-11-18,12-15(18)20)19-13-14-6-4-3-5-7-14;18-13-10-15(17-11-12-4-2-1-3-5-12)6-8-16(13,9-7-15)14(19)20;1-2-3/h3-7,15,19-20H,2,8-13H2,1H3;1-5,17H,6-11H2,(H,19,20);3H,2H2,1H3. The molecule has 8 rings (SSSR count). The second-order valence-corrected chi connectivity index (χ2v) is 13.1. The molecule has 0 aromatic heterocycles. The minimum atomic E-state index is -1.09. The van der Waals surface area contributed by atoms with E-state index in [1.54, 1.807) is 6.92 Å². The first-order valence-electron chi connectivity index (χ1n) is 16.4. The van der Waals surface area contributed by atoms with Crippen molar-refractivity contribution in [2.24, 2.45) is 10.8 Å². The highest BCUT2D eigenvalue weighted by molar-refractivity contribution is 6.04. The fourth-order valence-electron chi connectivity index (χ4n) is 7.57. The Morgan fingerprint density at radius 1 is 0.800 bits per heavy atom. The van der Waals surface area contributed by atoms with E-state index in [-0.39, 0.29) is 29.4 Å². The smallest absolute Gasteiger partial charge is 0.317 e. The van der Waals surface area contributed by atoms with Gasteiger partial charge in [-0.1, -0.05) is 60.7 Å². The number of benzene rings is 2. The number of ketones is 1. The number of Topliss-reactive ketones (excluding diaryl/α,β-unsaturated/α-hetero) is 1. The van der Waals surface area contributed by atoms with Crippen molar-refractivity contribution < 1.29 is 34.4 Å². The van der Waals surface area contributed by atoms with E-state index in [9.17, 15) is 24.6 Å². The number of carbonyl (C=O) groups excluding carboxylic acids is 2. The Bertz CT molecular complexity index is 1270. The number of fused-ring (bicyclic) bond motifs is 6. The zero-order valence-electron chi connectivity index (χ0n) is 26.7. The van der Waals surface area contributed by atoms with E-state index in [1.807, 2.05) is 43.3 Å². The topological polar surface area (TPSA) is 145 Å². The molecule has 45 heavy (non-hydrogen) atoms. The van der Waals surface area contributed by atoms with Gasteiger partial charge in [0.15, 0.2) is 5.78 Å². The highest BCUT2D eigenvalue weighted by Crippen LogP contribution is 2.53. The summed E-state index contributed by atoms with van der Waals surface area (Å²) < 4.78 is 5.21. The lowest BCUT2D eigenvalue weighted by atomic mass is 9.55. The number of aliphatic hydroxyl groups excluding tert-OH is 2. The molecule has 5 N–H and O–H groups in total. The number of aliphatic hydroxyl groups is 2. The van der Waals surface area contributed by atoms with Crippen molar-refractivity contribution >= 4 is 17.7 Å². The second-order valence-electron chi connectivity index (χ2n) is 13.1. The summed E-state index contributed by atoms with van der Waals surface area (Å²) in [7, 11) is 0. The Hall–Kier alpha value is -3.11. The van der Waals surface area contributed by atoms with Gasteiger partial charge in [-0.05, 0) is 82.8 Å². The summed E-state index contributed by atoms with van der Waals surface area (Å²) >= 11 is 0. The maximum absolute atomic E-state index is 12.3. The van der Waals surface area contributed by atoms with Crippen LogP contribution in [0.5, 0.6) is 0 Å². The first kappa shape index (κ1) is 34.8. The van der Waals surface area contributed by atoms with Gasteiger partial charge < -0.3 is 30.7 Å². The predicted molar refractivity (Wildman–Crippen MR) is 171 cm³/mol. The van der Waals surface area contributed by atoms with Crippen LogP contribution in [0.1, 0.15) is 89.2 Å². The largest absolute Gasteiger partial charge is 0.480 e. The normalized spacial score (nSPS) is 31.2. The quantitative estimate of drug-likeness (QED) is 0.201. The van der Waals surface area contributed by atoms with E-state index >= 15 is 0 Å². The highest BCUT2D eigenvalue weighted by atomic mass is 16.5. The number of carbonyl (C=O) groups is 3. The van der Waals surface area contributed by atoms with Crippen molar-refractivity contribution in [2.75, 3.05) is 13.2 Å². The summed E-state index contributed by atoms with van der Waals surface area (Å²) in [6.45, 7) is 5.66. The van der Waals surface area contributed by atoms with Crippen molar-refractivity contribution in [1.29, 1.82) is 0 Å². The van der Waals surface area contributed by atoms with Gasteiger partial charge in [-0.2, -0.15) is 0 Å². The number of aliphatic carboxylic acids is 1. The molecule has 6 saturated carbocycles. The van der Waals surface area contributed by atoms with Gasteiger partial charge in [-0.15, -0.1) is 0 Å². The Labute approximate surface area is 266 Å². The predicted octanol–water partition coefficient (Wildman–Crippen LogP) is 4.53. The Morgan fingerprint density at radius 2 is 1.27 bits per heavy atom. The molecule has 9 nitrogen and oxygen atoms in total. The molecule has 0 saturated heterocycles. The monoisotopic (exact) mass is 622 g/mol. The van der Waals surface area contributed by atoms with Crippen molar-refractivity contribution in [3.63, 3.8) is 0 Å². The maximum atomic E-state index is 12.3. The van der Waals surface area contributed by atoms with Crippen LogP contribution in [0.4, 0.5) is 0 Å². The lowest BCUT2D eigenvalue weighted by Crippen LogP contribution is -2.63. The molecule has 2 aromatic rings. The average molecular weight is 623 g/mol. The van der Waals surface area contributed by atoms with Crippen molar-refractivity contribution in [2.45, 2.75) is 108 Å². The number of ether oxygens (including phenoxy) is 1. The molecular formula is C36H50N2O7. The van der Waals surface area contributed by atoms with Gasteiger partial charge in [0.25, 0.3) is 0 Å². The summed E-state index contributed by atoms with van der Waals surface area (Å²) in [5.74, 6) is -1.24. The van der Waals surface area contributed by atoms with Crippen LogP contribution in [-0.2, 0) is 32.2 Å². The van der Waals surface area contributed by atoms with Crippen molar-refractivity contribution in [1.82, 2.24) is 10.6 Å². The Morgan fingerprint density at radius 3 is 1.69 bits per heavy atom. The first-order chi connectivity index (χ1) is 21.6. The molecule has 246 valence electrons. The SMILES string of the molecule is CCO.CCOC(=O)C12CCC(NCc3ccccc3)(CC1)CC2O.O=C(O)C12CCC(NCc3ccccc3)(CC1)CC2=O. The minimum Gasteiger partial charge on any atom is -0.480 e. The van der Waals surface area contributed by atoms with Gasteiger partial charge in [0, 0.05) is 37.2 Å². The fraction of sp³-hybridized carbons (Fsp3) is 0.583. The molecule has 0 amide bonds. The van der Waals surface area contributed by atoms with Crippen LogP contribution in [-0.4, -0.2) is 63.4 Å². The van der Waals surface area contributed by atoms with Gasteiger partial charge in [0.1, 0.15) is 5.41 Å². The summed E-state index contributed by atoms with van der Waals surface area (Å²) in [4.78, 5) is 35.9. The Kier molecular flexibility index (Phi) is 11.6. The van der Waals surface area contributed by atoms with E-state index in [4.69, 9.17) is 9.84 Å². The third kappa shape index (κ3) is 7.65. The van der Waals surface area contributed by atoms with Gasteiger partial charge >= 0.3 is 11.9 Å². The molecule has 0 aliphatic heterocycles. The molecule has 0 spiro atoms. The first-order valence-corrected chi connectivity index (χ1v) is 16.4. The van der Waals surface area contributed by atoms with Crippen LogP contribution in [0.2, 0.25) is 0 Å². The molecule has 6 aliphatic carbocycles. The molecule has 1 unspecified atom stereocenters. The van der Waals surface area contributed by atoms with E-state index in [2.05, 4.69) is 34.9 Å². The van der Waals surface area contributed by atoms with Gasteiger partial charge in [0.2, 0.25) is 0 Å². The lowest BCUT2D eigenvalue weighted by Gasteiger charge is -2.54. The molecule has 1 atom stereocenters. The lowest BCUT2D eigenvalue weighted by molar-refractivity contribution is -0.178. The minimum absolute atomic E-state index is 0.0382. The zero-order chi connectivity index (χ0) is 32.6. The molecule has 0 radical (unpaired) electrons. The molecule has 6 aliphatic rings. The van der Waals surface area contributed by atoms with Crippen LogP contribution in [0.3, 0.4) is 0 Å². The number of esters is 1. The van der Waals surface area contributed by atoms with Crippen LogP contribution in [0.15, 0.2) is 60.7 Å². The number of hydrogen-bond acceptors (Lipinski definition) is 8. The highest BCUT2D eigenvalue weighted by Gasteiger charge is 2.59. The van der Waals surface area contributed by atoms with Crippen LogP contribution in [0.25, 0.3) is 0 Å². The molecule has 4 bridgehead atoms. The van der Waals surface area contributed by atoms with Gasteiger partial charge in [-0.3, -0.25) is 14.4 Å². The van der Waals surface area contributed by atoms with Gasteiger partial charge in [-0.25, -0.2) is 0 Å². The van der Waals surface area contributed by atoms with Crippen molar-refractivity contribution in [3.8, 4) is 0 Å². The molecule has 2 aromatic carbocycles. The van der Waals surface area contributed by atoms with E-state index < -0.39 is 22.9 Å². The average Bonchev–Trinajstić information content (AvgIpc) is 3.06. The van der Waals surface area contributed by atoms with Crippen LogP contribution in [0, 0.1) is 10.8 Å². The zero-order valence-corrected chi connectivity index (χ0v) is 26.7. The fourth-order valence-corrected chi connectivity index (χ4v) is 7.57. The van der Waals surface area contributed by atoms with Crippen LogP contribution < -0.4 is 10.6 Å². The molecular weight excluding hydrogens is 572 g/mol. The number of nitrogens with one attached hydrogen (secondary N) is 2. The Balaban J connectivity index is 0.000000189. The summed E-state index contributed by atoms with van der Waals surface area (Å²) in [6, 6.07) is 20.4. The van der Waals surface area contributed by atoms with Crippen LogP contribution >= 0.6 is 0 Å². The summed E-state index contributed by atoms with van der Waals surface area (Å²) in [5, 5.41) is 34.6. The number of hydrogen-bond donors (Lipinski definition) is 5. The van der Waals surface area contributed by atoms with Gasteiger partial charge in [0.05, 0.1) is 18.1 Å². The molecule has 6 fully saturated rings.